The van der Waals surface area contributed by atoms with Crippen molar-refractivity contribution < 1.29 is 19.0 Å². The monoisotopic (exact) mass is 361 g/mol. The Labute approximate surface area is 147 Å². The molecule has 0 saturated carbocycles. The van der Waals surface area contributed by atoms with E-state index in [1.165, 1.54) is 0 Å². The molecule has 0 bridgehead atoms. The Morgan fingerprint density at radius 3 is 2.83 bits per heavy atom. The molecule has 0 spiro atoms. The number of rotatable bonds is 2. The lowest BCUT2D eigenvalue weighted by atomic mass is 10.1. The van der Waals surface area contributed by atoms with Crippen LogP contribution in [0.15, 0.2) is 47.1 Å². The van der Waals surface area contributed by atoms with Crippen molar-refractivity contribution in [1.82, 2.24) is 0 Å². The van der Waals surface area contributed by atoms with Gasteiger partial charge in [0, 0.05) is 10.6 Å². The van der Waals surface area contributed by atoms with Crippen LogP contribution in [0.4, 0.5) is 0 Å². The van der Waals surface area contributed by atoms with Crippen LogP contribution in [0, 0.1) is 0 Å². The molecular formula is C17H9Cl2NO4. The first kappa shape index (κ1) is 15.1. The number of hydrogen-bond donors (Lipinski definition) is 0. The van der Waals surface area contributed by atoms with Gasteiger partial charge in [-0.25, -0.2) is 9.79 Å². The summed E-state index contributed by atoms with van der Waals surface area (Å²) in [6, 6.07) is 10.3. The number of halogens is 2. The first-order valence-electron chi connectivity index (χ1n) is 6.98. The second-order valence-electron chi connectivity index (χ2n) is 5.08. The zero-order valence-corrected chi connectivity index (χ0v) is 13.6. The number of cyclic esters (lactones) is 1. The highest BCUT2D eigenvalue weighted by Gasteiger charge is 2.25. The van der Waals surface area contributed by atoms with E-state index in [1.54, 1.807) is 42.5 Å². The van der Waals surface area contributed by atoms with E-state index < -0.39 is 5.97 Å². The summed E-state index contributed by atoms with van der Waals surface area (Å²) in [5.74, 6) is 0.690. The first-order valence-corrected chi connectivity index (χ1v) is 7.73. The minimum absolute atomic E-state index is 0.119. The molecule has 0 unspecified atom stereocenters. The van der Waals surface area contributed by atoms with Gasteiger partial charge >= 0.3 is 5.97 Å². The third-order valence-electron chi connectivity index (χ3n) is 3.45. The molecule has 0 amide bonds. The summed E-state index contributed by atoms with van der Waals surface area (Å²) in [4.78, 5) is 16.3. The highest BCUT2D eigenvalue weighted by molar-refractivity contribution is 6.32. The fourth-order valence-electron chi connectivity index (χ4n) is 2.38. The lowest BCUT2D eigenvalue weighted by molar-refractivity contribution is -0.129. The maximum Gasteiger partial charge on any atom is 0.363 e. The largest absolute Gasteiger partial charge is 0.454 e. The van der Waals surface area contributed by atoms with Crippen molar-refractivity contribution in [2.24, 2.45) is 4.99 Å². The van der Waals surface area contributed by atoms with Crippen molar-refractivity contribution in [3.63, 3.8) is 0 Å². The minimum Gasteiger partial charge on any atom is -0.454 e. The second-order valence-corrected chi connectivity index (χ2v) is 5.93. The minimum atomic E-state index is -0.543. The third-order valence-corrected chi connectivity index (χ3v) is 3.96. The standard InChI is InChI=1S/C17H9Cl2NO4/c18-11-3-1-2-10(7-11)16-20-13(17(21)24-16)5-9-4-12(19)15-14(6-9)22-8-23-15/h1-7H,8H2/b13-5-. The number of benzene rings is 2. The molecular weight excluding hydrogens is 353 g/mol. The Kier molecular flexibility index (Phi) is 3.67. The van der Waals surface area contributed by atoms with Gasteiger partial charge in [-0.3, -0.25) is 0 Å². The van der Waals surface area contributed by atoms with Crippen LogP contribution in [0.1, 0.15) is 11.1 Å². The fourth-order valence-corrected chi connectivity index (χ4v) is 2.85. The molecule has 0 aliphatic carbocycles. The summed E-state index contributed by atoms with van der Waals surface area (Å²) < 4.78 is 15.8. The van der Waals surface area contributed by atoms with Crippen LogP contribution in [0.25, 0.3) is 6.08 Å². The molecule has 120 valence electrons. The average Bonchev–Trinajstić information content (AvgIpc) is 3.15. The van der Waals surface area contributed by atoms with E-state index in [4.69, 9.17) is 37.4 Å². The van der Waals surface area contributed by atoms with E-state index in [2.05, 4.69) is 4.99 Å². The number of fused-ring (bicyclic) bond motifs is 1. The Morgan fingerprint density at radius 1 is 1.12 bits per heavy atom. The summed E-state index contributed by atoms with van der Waals surface area (Å²) in [6.45, 7) is 0.119. The lowest BCUT2D eigenvalue weighted by Gasteiger charge is -2.01. The number of hydrogen-bond acceptors (Lipinski definition) is 5. The second kappa shape index (κ2) is 5.85. The lowest BCUT2D eigenvalue weighted by Crippen LogP contribution is -2.05. The number of carbonyl (C=O) groups is 1. The zero-order valence-electron chi connectivity index (χ0n) is 12.1. The van der Waals surface area contributed by atoms with Crippen LogP contribution in [0.3, 0.4) is 0 Å². The van der Waals surface area contributed by atoms with Gasteiger partial charge in [0.2, 0.25) is 12.7 Å². The molecule has 24 heavy (non-hydrogen) atoms. The molecule has 0 N–H and O–H groups in total. The number of carbonyl (C=O) groups excluding carboxylic acids is 1. The van der Waals surface area contributed by atoms with E-state index in [-0.39, 0.29) is 18.4 Å². The number of ether oxygens (including phenoxy) is 3. The van der Waals surface area contributed by atoms with Gasteiger partial charge in [-0.2, -0.15) is 0 Å². The van der Waals surface area contributed by atoms with E-state index in [1.807, 2.05) is 0 Å². The highest BCUT2D eigenvalue weighted by atomic mass is 35.5. The zero-order chi connectivity index (χ0) is 16.7. The number of nitrogens with zero attached hydrogens (tertiary/aromatic N) is 1. The van der Waals surface area contributed by atoms with Crippen LogP contribution >= 0.6 is 23.2 Å². The summed E-state index contributed by atoms with van der Waals surface area (Å²) in [5, 5.41) is 0.938. The van der Waals surface area contributed by atoms with Gasteiger partial charge in [0.15, 0.2) is 17.2 Å². The maximum atomic E-state index is 12.0. The molecule has 7 heteroatoms. The van der Waals surface area contributed by atoms with Gasteiger partial charge in [0.25, 0.3) is 0 Å². The predicted octanol–water partition coefficient (Wildman–Crippen LogP) is 4.07. The Hall–Kier alpha value is -2.50. The van der Waals surface area contributed by atoms with Gasteiger partial charge in [-0.05, 0) is 42.0 Å². The topological polar surface area (TPSA) is 57.1 Å². The summed E-state index contributed by atoms with van der Waals surface area (Å²) >= 11 is 12.1. The predicted molar refractivity (Wildman–Crippen MR) is 89.6 cm³/mol. The van der Waals surface area contributed by atoms with Crippen molar-refractivity contribution in [2.75, 3.05) is 6.79 Å². The van der Waals surface area contributed by atoms with Crippen molar-refractivity contribution in [3.8, 4) is 11.5 Å². The molecule has 5 nitrogen and oxygen atoms in total. The molecule has 2 aromatic carbocycles. The molecule has 0 saturated heterocycles. The summed E-state index contributed by atoms with van der Waals surface area (Å²) in [6.07, 6.45) is 1.58. The fraction of sp³-hybridized carbons (Fsp3) is 0.0588. The van der Waals surface area contributed by atoms with E-state index in [0.717, 1.165) is 0 Å². The molecule has 0 atom stereocenters. The van der Waals surface area contributed by atoms with Crippen LogP contribution < -0.4 is 9.47 Å². The molecule has 0 fully saturated rings. The quantitative estimate of drug-likeness (QED) is 0.597. The smallest absolute Gasteiger partial charge is 0.363 e. The van der Waals surface area contributed by atoms with E-state index in [0.29, 0.717) is 32.7 Å². The van der Waals surface area contributed by atoms with Gasteiger partial charge in [0.1, 0.15) is 0 Å². The molecule has 2 heterocycles. The van der Waals surface area contributed by atoms with Gasteiger partial charge in [-0.15, -0.1) is 0 Å². The third kappa shape index (κ3) is 2.72. The average molecular weight is 362 g/mol. The first-order chi connectivity index (χ1) is 11.6. The van der Waals surface area contributed by atoms with Gasteiger partial charge in [-0.1, -0.05) is 29.3 Å². The van der Waals surface area contributed by atoms with Gasteiger partial charge < -0.3 is 14.2 Å². The number of aliphatic imine (C=N–C) groups is 1. The van der Waals surface area contributed by atoms with Crippen LogP contribution in [0.5, 0.6) is 11.5 Å². The Balaban J connectivity index is 1.70. The summed E-state index contributed by atoms with van der Waals surface area (Å²) in [5.41, 5.74) is 1.45. The Bertz CT molecular complexity index is 921. The number of esters is 1. The Morgan fingerprint density at radius 2 is 2.00 bits per heavy atom. The SMILES string of the molecule is O=C1OC(c2cccc(Cl)c2)=N/C1=C\c1cc(Cl)c2c(c1)OCO2. The normalized spacial score (nSPS) is 17.2. The van der Waals surface area contributed by atoms with Crippen molar-refractivity contribution in [2.45, 2.75) is 0 Å². The van der Waals surface area contributed by atoms with E-state index in [9.17, 15) is 4.79 Å². The van der Waals surface area contributed by atoms with Crippen LogP contribution in [0.2, 0.25) is 10.0 Å². The van der Waals surface area contributed by atoms with Crippen LogP contribution in [-0.4, -0.2) is 18.7 Å². The van der Waals surface area contributed by atoms with Crippen molar-refractivity contribution >= 4 is 41.1 Å². The van der Waals surface area contributed by atoms with E-state index >= 15 is 0 Å². The molecule has 0 radical (unpaired) electrons. The van der Waals surface area contributed by atoms with Gasteiger partial charge in [0.05, 0.1) is 5.02 Å². The summed E-state index contributed by atoms with van der Waals surface area (Å²) in [7, 11) is 0. The van der Waals surface area contributed by atoms with Crippen LogP contribution in [-0.2, 0) is 9.53 Å². The van der Waals surface area contributed by atoms with Crippen molar-refractivity contribution in [1.29, 1.82) is 0 Å². The molecule has 2 aromatic rings. The molecule has 0 aromatic heterocycles. The molecule has 4 rings (SSSR count). The van der Waals surface area contributed by atoms with Crippen molar-refractivity contribution in [3.05, 3.63) is 63.3 Å². The molecule has 2 aliphatic heterocycles. The highest BCUT2D eigenvalue weighted by Crippen LogP contribution is 2.40. The maximum absolute atomic E-state index is 12.0. The molecule has 2 aliphatic rings.